The van der Waals surface area contributed by atoms with E-state index in [1.165, 1.54) is 12.1 Å². The largest absolute Gasteiger partial charge is 0.309 e. The van der Waals surface area contributed by atoms with E-state index in [2.05, 4.69) is 29.0 Å². The van der Waals surface area contributed by atoms with Gasteiger partial charge in [0.05, 0.1) is 16.6 Å². The van der Waals surface area contributed by atoms with Gasteiger partial charge in [-0.05, 0) is 37.4 Å². The first-order chi connectivity index (χ1) is 13.0. The summed E-state index contributed by atoms with van der Waals surface area (Å²) >= 11 is 0. The summed E-state index contributed by atoms with van der Waals surface area (Å²) in [6, 6.07) is 11.1. The molecule has 0 radical (unpaired) electrons. The van der Waals surface area contributed by atoms with Gasteiger partial charge < -0.3 is 9.47 Å². The molecule has 5 nitrogen and oxygen atoms in total. The number of para-hydroxylation sites is 2. The molecule has 0 aliphatic rings. The van der Waals surface area contributed by atoms with Crippen molar-refractivity contribution in [2.75, 3.05) is 25.0 Å². The summed E-state index contributed by atoms with van der Waals surface area (Å²) in [5.41, 5.74) is 1.25. The van der Waals surface area contributed by atoms with Gasteiger partial charge in [-0.1, -0.05) is 32.0 Å². The van der Waals surface area contributed by atoms with Crippen LogP contribution in [0.2, 0.25) is 0 Å². The Kier molecular flexibility index (Phi) is 5.81. The van der Waals surface area contributed by atoms with Gasteiger partial charge in [0.1, 0.15) is 0 Å². The number of nitrogens with zero attached hydrogens (tertiary/aromatic N) is 3. The Bertz CT molecular complexity index is 950. The Morgan fingerprint density at radius 1 is 1.11 bits per heavy atom. The Labute approximate surface area is 156 Å². The molecule has 1 aromatic heterocycles. The zero-order valence-corrected chi connectivity index (χ0v) is 15.4. The lowest BCUT2D eigenvalue weighted by molar-refractivity contribution is 0.102. The van der Waals surface area contributed by atoms with E-state index >= 15 is 0 Å². The maximum absolute atomic E-state index is 13.9. The molecule has 0 spiro atoms. The van der Waals surface area contributed by atoms with E-state index in [0.29, 0.717) is 12.5 Å². The molecule has 2 aromatic carbocycles. The van der Waals surface area contributed by atoms with E-state index in [9.17, 15) is 13.6 Å². The SMILES string of the molecule is CCN(CC)CCn1c(NC(=O)c2cccc(F)c2F)nc2ccccc21. The topological polar surface area (TPSA) is 50.2 Å². The van der Waals surface area contributed by atoms with Gasteiger partial charge in [0.25, 0.3) is 5.91 Å². The summed E-state index contributed by atoms with van der Waals surface area (Å²) in [5.74, 6) is -2.64. The van der Waals surface area contributed by atoms with E-state index < -0.39 is 17.5 Å². The van der Waals surface area contributed by atoms with Crippen molar-refractivity contribution in [2.24, 2.45) is 0 Å². The minimum absolute atomic E-state index is 0.317. The van der Waals surface area contributed by atoms with E-state index in [1.807, 2.05) is 28.8 Å². The number of rotatable bonds is 7. The number of anilines is 1. The molecule has 0 unspecified atom stereocenters. The summed E-state index contributed by atoms with van der Waals surface area (Å²) in [5, 5.41) is 2.63. The molecule has 0 aliphatic heterocycles. The van der Waals surface area contributed by atoms with Crippen LogP contribution in [0, 0.1) is 11.6 Å². The summed E-state index contributed by atoms with van der Waals surface area (Å²) in [6.45, 7) is 7.41. The van der Waals surface area contributed by atoms with Crippen LogP contribution < -0.4 is 5.32 Å². The van der Waals surface area contributed by atoms with Crippen LogP contribution in [0.3, 0.4) is 0 Å². The molecule has 3 rings (SSSR count). The molecule has 0 fully saturated rings. The van der Waals surface area contributed by atoms with Crippen LogP contribution in [0.15, 0.2) is 42.5 Å². The molecule has 27 heavy (non-hydrogen) atoms. The third kappa shape index (κ3) is 3.98. The van der Waals surface area contributed by atoms with Gasteiger partial charge in [0.2, 0.25) is 5.95 Å². The molecule has 0 saturated heterocycles. The highest BCUT2D eigenvalue weighted by molar-refractivity contribution is 6.04. The van der Waals surface area contributed by atoms with E-state index in [0.717, 1.165) is 36.7 Å². The smallest absolute Gasteiger partial charge is 0.261 e. The van der Waals surface area contributed by atoms with E-state index in [-0.39, 0.29) is 5.56 Å². The minimum Gasteiger partial charge on any atom is -0.309 e. The summed E-state index contributed by atoms with van der Waals surface area (Å²) < 4.78 is 29.3. The Balaban J connectivity index is 1.92. The number of likely N-dealkylation sites (N-methyl/N-ethyl adjacent to an activating group) is 1. The molecule has 1 amide bonds. The van der Waals surface area contributed by atoms with Crippen molar-refractivity contribution in [2.45, 2.75) is 20.4 Å². The number of halogens is 2. The maximum Gasteiger partial charge on any atom is 0.261 e. The van der Waals surface area contributed by atoms with Crippen LogP contribution in [-0.4, -0.2) is 40.0 Å². The van der Waals surface area contributed by atoms with Crippen molar-refractivity contribution in [1.82, 2.24) is 14.5 Å². The molecule has 0 saturated carbocycles. The zero-order chi connectivity index (χ0) is 19.4. The van der Waals surface area contributed by atoms with Crippen molar-refractivity contribution in [3.63, 3.8) is 0 Å². The number of aromatic nitrogens is 2. The second-order valence-corrected chi connectivity index (χ2v) is 6.16. The highest BCUT2D eigenvalue weighted by Gasteiger charge is 2.19. The van der Waals surface area contributed by atoms with Crippen LogP contribution in [0.25, 0.3) is 11.0 Å². The number of nitrogens with one attached hydrogen (secondary N) is 1. The molecule has 1 N–H and O–H groups in total. The fourth-order valence-electron chi connectivity index (χ4n) is 3.03. The lowest BCUT2D eigenvalue weighted by Gasteiger charge is -2.19. The van der Waals surface area contributed by atoms with Crippen LogP contribution in [-0.2, 0) is 6.54 Å². The van der Waals surface area contributed by atoms with Gasteiger partial charge in [0.15, 0.2) is 11.6 Å². The number of carbonyl (C=O) groups excluding carboxylic acids is 1. The first-order valence-electron chi connectivity index (χ1n) is 8.98. The lowest BCUT2D eigenvalue weighted by Crippen LogP contribution is -2.28. The average Bonchev–Trinajstić information content (AvgIpc) is 3.02. The van der Waals surface area contributed by atoms with Gasteiger partial charge >= 0.3 is 0 Å². The van der Waals surface area contributed by atoms with Crippen molar-refractivity contribution in [1.29, 1.82) is 0 Å². The standard InChI is InChI=1S/C20H22F2N4O/c1-3-25(4-2)12-13-26-17-11-6-5-10-16(17)23-20(26)24-19(27)14-8-7-9-15(21)18(14)22/h5-11H,3-4,12-13H2,1-2H3,(H,23,24,27). The van der Waals surface area contributed by atoms with Gasteiger partial charge in [-0.3, -0.25) is 10.1 Å². The predicted molar refractivity (Wildman–Crippen MR) is 102 cm³/mol. The minimum atomic E-state index is -1.17. The first-order valence-corrected chi connectivity index (χ1v) is 8.98. The molecular weight excluding hydrogens is 350 g/mol. The summed E-state index contributed by atoms with van der Waals surface area (Å²) in [7, 11) is 0. The third-order valence-electron chi connectivity index (χ3n) is 4.61. The summed E-state index contributed by atoms with van der Waals surface area (Å²) in [6.07, 6.45) is 0. The van der Waals surface area contributed by atoms with E-state index in [1.54, 1.807) is 0 Å². The molecule has 3 aromatic rings. The van der Waals surface area contributed by atoms with Crippen LogP contribution in [0.4, 0.5) is 14.7 Å². The van der Waals surface area contributed by atoms with Gasteiger partial charge in [0, 0.05) is 13.1 Å². The number of fused-ring (bicyclic) bond motifs is 1. The third-order valence-corrected chi connectivity index (χ3v) is 4.61. The number of benzene rings is 2. The second kappa shape index (κ2) is 8.26. The Hall–Kier alpha value is -2.80. The first kappa shape index (κ1) is 19.0. The van der Waals surface area contributed by atoms with Crippen molar-refractivity contribution >= 4 is 22.9 Å². The molecule has 7 heteroatoms. The van der Waals surface area contributed by atoms with Gasteiger partial charge in [-0.15, -0.1) is 0 Å². The number of hydrogen-bond donors (Lipinski definition) is 1. The highest BCUT2D eigenvalue weighted by Crippen LogP contribution is 2.21. The number of amides is 1. The molecule has 142 valence electrons. The van der Waals surface area contributed by atoms with Crippen LogP contribution in [0.5, 0.6) is 0 Å². The quantitative estimate of drug-likeness (QED) is 0.684. The molecule has 1 heterocycles. The summed E-state index contributed by atoms with van der Waals surface area (Å²) in [4.78, 5) is 19.2. The number of carbonyl (C=O) groups is 1. The Morgan fingerprint density at radius 2 is 1.85 bits per heavy atom. The molecule has 0 aliphatic carbocycles. The molecule has 0 bridgehead atoms. The zero-order valence-electron chi connectivity index (χ0n) is 15.4. The molecule has 0 atom stereocenters. The van der Waals surface area contributed by atoms with Gasteiger partial charge in [-0.2, -0.15) is 0 Å². The second-order valence-electron chi connectivity index (χ2n) is 6.16. The van der Waals surface area contributed by atoms with Crippen molar-refractivity contribution in [3.05, 3.63) is 59.7 Å². The van der Waals surface area contributed by atoms with Crippen LogP contribution >= 0.6 is 0 Å². The monoisotopic (exact) mass is 372 g/mol. The van der Waals surface area contributed by atoms with Crippen molar-refractivity contribution < 1.29 is 13.6 Å². The fourth-order valence-corrected chi connectivity index (χ4v) is 3.03. The fraction of sp³-hybridized carbons (Fsp3) is 0.300. The number of imidazole rings is 1. The average molecular weight is 372 g/mol. The van der Waals surface area contributed by atoms with E-state index in [4.69, 9.17) is 0 Å². The predicted octanol–water partition coefficient (Wildman–Crippen LogP) is 3.91. The van der Waals surface area contributed by atoms with Gasteiger partial charge in [-0.25, -0.2) is 13.8 Å². The molecular formula is C20H22F2N4O. The van der Waals surface area contributed by atoms with Crippen molar-refractivity contribution in [3.8, 4) is 0 Å². The maximum atomic E-state index is 13.9. The number of hydrogen-bond acceptors (Lipinski definition) is 3. The highest BCUT2D eigenvalue weighted by atomic mass is 19.2. The normalized spacial score (nSPS) is 11.3. The Morgan fingerprint density at radius 3 is 2.59 bits per heavy atom. The van der Waals surface area contributed by atoms with Crippen LogP contribution in [0.1, 0.15) is 24.2 Å². The lowest BCUT2D eigenvalue weighted by atomic mass is 10.2.